The molecule has 2 heterocycles. The number of benzene rings is 1. The highest BCUT2D eigenvalue weighted by Gasteiger charge is 2.75. The molecule has 2 aliphatic carbocycles. The SMILES string of the molecule is Cc1cc([C@H]2C3=CC[C@@H]4C(=O)N(CCCC(=O)O)C(=O)[C@@H]4[C@@H]3C[C@@]3(Cl)C(=O)N(C)C(=O)[C@@]23Cl)cc(C)c1O. The van der Waals surface area contributed by atoms with Crippen molar-refractivity contribution in [3.05, 3.63) is 40.5 Å². The van der Waals surface area contributed by atoms with Crippen molar-refractivity contribution in [3.8, 4) is 5.75 Å². The fourth-order valence-corrected chi connectivity index (χ4v) is 7.97. The lowest BCUT2D eigenvalue weighted by Crippen LogP contribution is -2.60. The van der Waals surface area contributed by atoms with E-state index >= 15 is 0 Å². The number of aromatic hydroxyl groups is 1. The van der Waals surface area contributed by atoms with Crippen LogP contribution in [-0.4, -0.2) is 73.0 Å². The minimum atomic E-state index is -1.88. The van der Waals surface area contributed by atoms with Gasteiger partial charge in [0.25, 0.3) is 11.8 Å². The molecule has 38 heavy (non-hydrogen) atoms. The van der Waals surface area contributed by atoms with Crippen LogP contribution < -0.4 is 0 Å². The first-order chi connectivity index (χ1) is 17.8. The number of phenolic OH excluding ortho intramolecular Hbond substituents is 1. The molecule has 5 rings (SSSR count). The second-order valence-electron chi connectivity index (χ2n) is 10.8. The maximum Gasteiger partial charge on any atom is 0.303 e. The number of allylic oxidation sites excluding steroid dienone is 2. The number of likely N-dealkylation sites (tertiary alicyclic amines) is 2. The van der Waals surface area contributed by atoms with Crippen molar-refractivity contribution in [2.45, 2.75) is 55.2 Å². The van der Waals surface area contributed by atoms with Crippen LogP contribution in [0.2, 0.25) is 0 Å². The average Bonchev–Trinajstić information content (AvgIpc) is 3.17. The molecule has 0 unspecified atom stereocenters. The lowest BCUT2D eigenvalue weighted by molar-refractivity contribution is -0.142. The van der Waals surface area contributed by atoms with Gasteiger partial charge < -0.3 is 10.2 Å². The normalized spacial score (nSPS) is 34.3. The van der Waals surface area contributed by atoms with Gasteiger partial charge in [-0.2, -0.15) is 0 Å². The molecule has 0 radical (unpaired) electrons. The van der Waals surface area contributed by atoms with E-state index in [0.29, 0.717) is 22.3 Å². The molecule has 1 saturated carbocycles. The van der Waals surface area contributed by atoms with E-state index in [9.17, 15) is 29.1 Å². The number of halogens is 2. The van der Waals surface area contributed by atoms with Crippen molar-refractivity contribution >= 4 is 52.8 Å². The second kappa shape index (κ2) is 8.81. The molecule has 1 aromatic carbocycles. The highest BCUT2D eigenvalue weighted by Crippen LogP contribution is 2.65. The Morgan fingerprint density at radius 3 is 2.29 bits per heavy atom. The van der Waals surface area contributed by atoms with Crippen molar-refractivity contribution < 1.29 is 34.2 Å². The first-order valence-electron chi connectivity index (χ1n) is 12.5. The van der Waals surface area contributed by atoms with Crippen molar-refractivity contribution in [1.29, 1.82) is 0 Å². The monoisotopic (exact) mass is 562 g/mol. The Kier molecular flexibility index (Phi) is 6.19. The summed E-state index contributed by atoms with van der Waals surface area (Å²) in [6.45, 7) is 3.42. The zero-order valence-corrected chi connectivity index (χ0v) is 22.7. The number of carboxylic acids is 1. The van der Waals surface area contributed by atoms with Gasteiger partial charge in [0.05, 0.1) is 11.8 Å². The topological polar surface area (TPSA) is 132 Å². The third-order valence-electron chi connectivity index (χ3n) is 8.72. The molecule has 6 atom stereocenters. The largest absolute Gasteiger partial charge is 0.507 e. The molecule has 1 aromatic rings. The van der Waals surface area contributed by atoms with E-state index in [2.05, 4.69) is 0 Å². The van der Waals surface area contributed by atoms with Crippen LogP contribution in [0, 0.1) is 31.6 Å². The number of nitrogens with zero attached hydrogens (tertiary/aromatic N) is 2. The number of amides is 4. The van der Waals surface area contributed by atoms with E-state index in [-0.39, 0.29) is 43.9 Å². The Balaban J connectivity index is 1.64. The Hall–Kier alpha value is -2.91. The molecular weight excluding hydrogens is 535 g/mol. The Bertz CT molecular complexity index is 1320. The number of carbonyl (C=O) groups excluding carboxylic acids is 4. The second-order valence-corrected chi connectivity index (χ2v) is 12.1. The van der Waals surface area contributed by atoms with Crippen LogP contribution >= 0.6 is 23.2 Å². The maximum absolute atomic E-state index is 13.6. The van der Waals surface area contributed by atoms with Crippen LogP contribution in [0.4, 0.5) is 0 Å². The fraction of sp³-hybridized carbons (Fsp3) is 0.519. The molecule has 4 amide bonds. The summed E-state index contributed by atoms with van der Waals surface area (Å²) >= 11 is 14.3. The molecule has 0 aromatic heterocycles. The van der Waals surface area contributed by atoms with Gasteiger partial charge in [0.15, 0.2) is 9.75 Å². The summed E-state index contributed by atoms with van der Waals surface area (Å²) in [4.78, 5) is 63.1. The van der Waals surface area contributed by atoms with Crippen LogP contribution in [0.5, 0.6) is 5.75 Å². The summed E-state index contributed by atoms with van der Waals surface area (Å²) in [5, 5.41) is 19.4. The molecule has 9 nitrogen and oxygen atoms in total. The zero-order chi connectivity index (χ0) is 27.9. The van der Waals surface area contributed by atoms with Crippen LogP contribution in [0.25, 0.3) is 0 Å². The van der Waals surface area contributed by atoms with Crippen molar-refractivity contribution in [2.75, 3.05) is 13.6 Å². The summed E-state index contributed by atoms with van der Waals surface area (Å²) in [5.74, 6) is -6.01. The van der Waals surface area contributed by atoms with E-state index < -0.39 is 57.1 Å². The summed E-state index contributed by atoms with van der Waals surface area (Å²) in [6, 6.07) is 3.42. The van der Waals surface area contributed by atoms with Gasteiger partial charge in [0.1, 0.15) is 5.75 Å². The Labute approximate surface area is 229 Å². The van der Waals surface area contributed by atoms with Gasteiger partial charge in [-0.1, -0.05) is 23.8 Å². The number of aryl methyl sites for hydroxylation is 2. The standard InChI is InChI=1S/C27H28Cl2N2O7/c1-12-9-14(10-13(2)21(12)34)20-15-6-7-16-19(23(36)31(22(16)35)8-4-5-18(32)33)17(15)11-26(28)24(37)30(3)25(38)27(20,26)29/h6,9-10,16-17,19-20,34H,4-5,7-8,11H2,1-3H3,(H,32,33)/t16-,17+,19-,20-,26+,27-/m0/s1. The van der Waals surface area contributed by atoms with E-state index in [1.54, 1.807) is 26.0 Å². The van der Waals surface area contributed by atoms with E-state index in [1.165, 1.54) is 7.05 Å². The van der Waals surface area contributed by atoms with Crippen LogP contribution in [0.3, 0.4) is 0 Å². The third-order valence-corrected chi connectivity index (χ3v) is 10.1. The van der Waals surface area contributed by atoms with Crippen molar-refractivity contribution in [3.63, 3.8) is 0 Å². The van der Waals surface area contributed by atoms with Gasteiger partial charge in [-0.25, -0.2) is 0 Å². The number of rotatable bonds is 5. The Morgan fingerprint density at radius 1 is 1.05 bits per heavy atom. The quantitative estimate of drug-likeness (QED) is 0.320. The predicted octanol–water partition coefficient (Wildman–Crippen LogP) is 2.86. The Morgan fingerprint density at radius 2 is 1.68 bits per heavy atom. The molecule has 2 saturated heterocycles. The molecule has 2 N–H and O–H groups in total. The summed E-state index contributed by atoms with van der Waals surface area (Å²) in [6.07, 6.45) is 1.94. The van der Waals surface area contributed by atoms with Crippen molar-refractivity contribution in [2.24, 2.45) is 17.8 Å². The molecule has 3 fully saturated rings. The van der Waals surface area contributed by atoms with Gasteiger partial charge in [-0.3, -0.25) is 33.8 Å². The number of carbonyl (C=O) groups is 5. The van der Waals surface area contributed by atoms with E-state index in [4.69, 9.17) is 28.3 Å². The number of aliphatic carboxylic acids is 1. The van der Waals surface area contributed by atoms with Crippen LogP contribution in [0.15, 0.2) is 23.8 Å². The number of phenols is 1. The number of hydrogen-bond acceptors (Lipinski definition) is 6. The van der Waals surface area contributed by atoms with Crippen molar-refractivity contribution in [1.82, 2.24) is 9.80 Å². The zero-order valence-electron chi connectivity index (χ0n) is 21.2. The summed E-state index contributed by atoms with van der Waals surface area (Å²) in [5.41, 5.74) is 2.36. The van der Waals surface area contributed by atoms with Crippen LogP contribution in [-0.2, 0) is 24.0 Å². The molecule has 0 spiro atoms. The number of hydrogen-bond donors (Lipinski definition) is 2. The summed E-state index contributed by atoms with van der Waals surface area (Å²) in [7, 11) is 1.33. The minimum absolute atomic E-state index is 0.00951. The predicted molar refractivity (Wildman–Crippen MR) is 137 cm³/mol. The lowest BCUT2D eigenvalue weighted by Gasteiger charge is -2.51. The maximum atomic E-state index is 13.6. The van der Waals surface area contributed by atoms with Gasteiger partial charge in [-0.15, -0.1) is 23.2 Å². The van der Waals surface area contributed by atoms with Gasteiger partial charge in [0.2, 0.25) is 11.8 Å². The van der Waals surface area contributed by atoms with E-state index in [1.807, 2.05) is 6.08 Å². The number of imide groups is 2. The molecular formula is C27H28Cl2N2O7. The number of fused-ring (bicyclic) bond motifs is 4. The lowest BCUT2D eigenvalue weighted by atomic mass is 9.56. The molecule has 0 bridgehead atoms. The molecule has 2 aliphatic heterocycles. The smallest absolute Gasteiger partial charge is 0.303 e. The number of alkyl halides is 2. The van der Waals surface area contributed by atoms with E-state index in [0.717, 1.165) is 9.80 Å². The molecule has 202 valence electrons. The minimum Gasteiger partial charge on any atom is -0.507 e. The number of carboxylic acid groups (broad SMARTS) is 1. The molecule has 11 heteroatoms. The summed E-state index contributed by atoms with van der Waals surface area (Å²) < 4.78 is 0. The fourth-order valence-electron chi connectivity index (χ4n) is 6.95. The van der Waals surface area contributed by atoms with Gasteiger partial charge >= 0.3 is 5.97 Å². The highest BCUT2D eigenvalue weighted by atomic mass is 35.5. The molecule has 4 aliphatic rings. The average molecular weight is 563 g/mol. The van der Waals surface area contributed by atoms with Gasteiger partial charge in [-0.05, 0) is 55.7 Å². The third kappa shape index (κ3) is 3.40. The highest BCUT2D eigenvalue weighted by molar-refractivity contribution is 6.53. The first-order valence-corrected chi connectivity index (χ1v) is 13.3. The van der Waals surface area contributed by atoms with Crippen LogP contribution in [0.1, 0.15) is 48.3 Å². The van der Waals surface area contributed by atoms with Gasteiger partial charge in [0, 0.05) is 25.9 Å². The first kappa shape index (κ1) is 26.7.